The van der Waals surface area contributed by atoms with Gasteiger partial charge in [-0.2, -0.15) is 0 Å². The van der Waals surface area contributed by atoms with Gasteiger partial charge in [0.2, 0.25) is 0 Å². The van der Waals surface area contributed by atoms with Crippen LogP contribution in [0.2, 0.25) is 0 Å². The molecular weight excluding hydrogens is 280 g/mol. The maximum Gasteiger partial charge on any atom is 0.107 e. The molecule has 0 saturated heterocycles. The molecule has 21 heavy (non-hydrogen) atoms. The van der Waals surface area contributed by atoms with Gasteiger partial charge < -0.3 is 5.32 Å². The molecular formula is C16H24N4S. The zero-order valence-electron chi connectivity index (χ0n) is 12.9. The van der Waals surface area contributed by atoms with Gasteiger partial charge in [-0.15, -0.1) is 11.3 Å². The van der Waals surface area contributed by atoms with Crippen molar-refractivity contribution in [1.82, 2.24) is 20.2 Å². The number of aromatic nitrogens is 2. The second-order valence-corrected chi connectivity index (χ2v) is 6.01. The quantitative estimate of drug-likeness (QED) is 0.723. The third-order valence-corrected chi connectivity index (χ3v) is 4.19. The fourth-order valence-electron chi connectivity index (χ4n) is 2.13. The van der Waals surface area contributed by atoms with E-state index in [9.17, 15) is 0 Å². The van der Waals surface area contributed by atoms with E-state index in [4.69, 9.17) is 4.98 Å². The summed E-state index contributed by atoms with van der Waals surface area (Å²) in [6, 6.07) is 4.15. The van der Waals surface area contributed by atoms with Crippen LogP contribution in [0, 0.1) is 0 Å². The van der Waals surface area contributed by atoms with Gasteiger partial charge in [0.25, 0.3) is 0 Å². The van der Waals surface area contributed by atoms with Crippen LogP contribution in [-0.4, -0.2) is 28.0 Å². The van der Waals surface area contributed by atoms with E-state index in [1.54, 1.807) is 11.3 Å². The Bertz CT molecular complexity index is 512. The van der Waals surface area contributed by atoms with Crippen molar-refractivity contribution in [3.63, 3.8) is 0 Å². The molecule has 5 heteroatoms. The molecule has 0 radical (unpaired) electrons. The number of thiazole rings is 1. The van der Waals surface area contributed by atoms with Gasteiger partial charge >= 0.3 is 0 Å². The monoisotopic (exact) mass is 304 g/mol. The molecule has 0 aliphatic carbocycles. The van der Waals surface area contributed by atoms with E-state index in [2.05, 4.69) is 46.6 Å². The number of rotatable bonds is 9. The second kappa shape index (κ2) is 8.87. The van der Waals surface area contributed by atoms with E-state index in [0.29, 0.717) is 0 Å². The normalized spacial score (nSPS) is 11.2. The lowest BCUT2D eigenvalue weighted by Gasteiger charge is -2.19. The molecule has 114 valence electrons. The second-order valence-electron chi connectivity index (χ2n) is 5.07. The Morgan fingerprint density at radius 1 is 1.19 bits per heavy atom. The molecule has 0 saturated carbocycles. The van der Waals surface area contributed by atoms with Gasteiger partial charge in [-0.1, -0.05) is 13.8 Å². The predicted octanol–water partition coefficient (Wildman–Crippen LogP) is 3.06. The van der Waals surface area contributed by atoms with Gasteiger partial charge in [0.1, 0.15) is 5.01 Å². The van der Waals surface area contributed by atoms with Crippen molar-refractivity contribution in [3.8, 4) is 0 Å². The van der Waals surface area contributed by atoms with E-state index in [0.717, 1.165) is 39.1 Å². The molecule has 2 rings (SSSR count). The van der Waals surface area contributed by atoms with Crippen LogP contribution in [0.3, 0.4) is 0 Å². The minimum Gasteiger partial charge on any atom is -0.310 e. The van der Waals surface area contributed by atoms with Crippen LogP contribution in [0.4, 0.5) is 0 Å². The lowest BCUT2D eigenvalue weighted by Crippen LogP contribution is -2.22. The van der Waals surface area contributed by atoms with Gasteiger partial charge in [0.15, 0.2) is 0 Å². The third kappa shape index (κ3) is 5.53. The zero-order chi connectivity index (χ0) is 14.9. The number of nitrogens with zero attached hydrogens (tertiary/aromatic N) is 3. The summed E-state index contributed by atoms with van der Waals surface area (Å²) in [4.78, 5) is 11.2. The first-order valence-electron chi connectivity index (χ1n) is 7.57. The molecule has 0 amide bonds. The summed E-state index contributed by atoms with van der Waals surface area (Å²) in [5.41, 5.74) is 2.47. The molecule has 0 aliphatic rings. The largest absolute Gasteiger partial charge is 0.310 e. The van der Waals surface area contributed by atoms with Crippen LogP contribution in [0.1, 0.15) is 36.5 Å². The first-order valence-corrected chi connectivity index (χ1v) is 8.45. The number of hydrogen-bond donors (Lipinski definition) is 1. The Labute approximate surface area is 131 Å². The number of nitrogens with one attached hydrogen (secondary N) is 1. The molecule has 0 unspecified atom stereocenters. The molecule has 0 spiro atoms. The molecule has 0 atom stereocenters. The van der Waals surface area contributed by atoms with E-state index in [1.807, 2.05) is 12.4 Å². The summed E-state index contributed by atoms with van der Waals surface area (Å²) in [6.45, 7) is 9.18. The minimum atomic E-state index is 0.884. The van der Waals surface area contributed by atoms with E-state index in [1.165, 1.54) is 16.3 Å². The molecule has 1 N–H and O–H groups in total. The summed E-state index contributed by atoms with van der Waals surface area (Å²) < 4.78 is 0. The number of hydrogen-bond acceptors (Lipinski definition) is 5. The fourth-order valence-corrected chi connectivity index (χ4v) is 2.88. The average Bonchev–Trinajstić information content (AvgIpc) is 2.95. The molecule has 0 bridgehead atoms. The lowest BCUT2D eigenvalue weighted by molar-refractivity contribution is 0.268. The van der Waals surface area contributed by atoms with Crippen LogP contribution in [-0.2, 0) is 19.6 Å². The molecule has 0 aromatic carbocycles. The minimum absolute atomic E-state index is 0.884. The summed E-state index contributed by atoms with van der Waals surface area (Å²) in [6.07, 6.45) is 4.86. The van der Waals surface area contributed by atoms with E-state index >= 15 is 0 Å². The van der Waals surface area contributed by atoms with Gasteiger partial charge in [0, 0.05) is 37.4 Å². The van der Waals surface area contributed by atoms with Gasteiger partial charge in [-0.05, 0) is 37.2 Å². The van der Waals surface area contributed by atoms with Crippen molar-refractivity contribution in [2.24, 2.45) is 0 Å². The van der Waals surface area contributed by atoms with Crippen molar-refractivity contribution < 1.29 is 0 Å². The highest BCUT2D eigenvalue weighted by Crippen LogP contribution is 2.13. The Hall–Kier alpha value is -1.30. The van der Waals surface area contributed by atoms with Gasteiger partial charge in [-0.3, -0.25) is 9.88 Å². The predicted molar refractivity (Wildman–Crippen MR) is 88.1 cm³/mol. The Balaban J connectivity index is 1.86. The van der Waals surface area contributed by atoms with Crippen LogP contribution in [0.25, 0.3) is 0 Å². The van der Waals surface area contributed by atoms with Crippen molar-refractivity contribution in [1.29, 1.82) is 0 Å². The summed E-state index contributed by atoms with van der Waals surface area (Å²) in [5, 5.41) is 6.76. The first-order chi connectivity index (χ1) is 10.3. The highest BCUT2D eigenvalue weighted by molar-refractivity contribution is 7.09. The fraction of sp³-hybridized carbons (Fsp3) is 0.500. The third-order valence-electron chi connectivity index (χ3n) is 3.29. The van der Waals surface area contributed by atoms with Crippen LogP contribution in [0.5, 0.6) is 0 Å². The van der Waals surface area contributed by atoms with Crippen molar-refractivity contribution in [3.05, 3.63) is 46.2 Å². The SMILES string of the molecule is CCCNCc1nc(CN(CC)Cc2ccncc2)cs1. The van der Waals surface area contributed by atoms with Crippen LogP contribution >= 0.6 is 11.3 Å². The summed E-state index contributed by atoms with van der Waals surface area (Å²) >= 11 is 1.75. The van der Waals surface area contributed by atoms with Gasteiger partial charge in [-0.25, -0.2) is 4.98 Å². The molecule has 0 aliphatic heterocycles. The highest BCUT2D eigenvalue weighted by Gasteiger charge is 2.08. The zero-order valence-corrected chi connectivity index (χ0v) is 13.7. The molecule has 2 aromatic heterocycles. The molecule has 4 nitrogen and oxygen atoms in total. The standard InChI is InChI=1S/C16H24N4S/c1-3-7-18-10-16-19-15(13-21-16)12-20(4-2)11-14-5-8-17-9-6-14/h5-6,8-9,13,18H,3-4,7,10-12H2,1-2H3. The molecule has 2 aromatic rings. The number of pyridine rings is 1. The highest BCUT2D eigenvalue weighted by atomic mass is 32.1. The Kier molecular flexibility index (Phi) is 6.79. The maximum atomic E-state index is 4.71. The van der Waals surface area contributed by atoms with Crippen LogP contribution in [0.15, 0.2) is 29.9 Å². The van der Waals surface area contributed by atoms with Crippen molar-refractivity contribution in [2.45, 2.75) is 39.9 Å². The van der Waals surface area contributed by atoms with Crippen molar-refractivity contribution in [2.75, 3.05) is 13.1 Å². The lowest BCUT2D eigenvalue weighted by atomic mass is 10.2. The molecule has 0 fully saturated rings. The van der Waals surface area contributed by atoms with Gasteiger partial charge in [0.05, 0.1) is 5.69 Å². The molecule has 2 heterocycles. The average molecular weight is 304 g/mol. The van der Waals surface area contributed by atoms with Crippen molar-refractivity contribution >= 4 is 11.3 Å². The summed E-state index contributed by atoms with van der Waals surface area (Å²) in [7, 11) is 0. The Morgan fingerprint density at radius 3 is 2.71 bits per heavy atom. The Morgan fingerprint density at radius 2 is 2.00 bits per heavy atom. The van der Waals surface area contributed by atoms with Crippen LogP contribution < -0.4 is 5.32 Å². The van der Waals surface area contributed by atoms with E-state index in [-0.39, 0.29) is 0 Å². The maximum absolute atomic E-state index is 4.71. The first kappa shape index (κ1) is 16.1. The summed E-state index contributed by atoms with van der Waals surface area (Å²) in [5.74, 6) is 0. The smallest absolute Gasteiger partial charge is 0.107 e. The topological polar surface area (TPSA) is 41.1 Å². The van der Waals surface area contributed by atoms with E-state index < -0.39 is 0 Å².